The molecule has 0 bridgehead atoms. The Bertz CT molecular complexity index is 2090. The van der Waals surface area contributed by atoms with E-state index in [-0.39, 0.29) is 55.8 Å². The van der Waals surface area contributed by atoms with Gasteiger partial charge in [-0.25, -0.2) is 14.3 Å². The Hall–Kier alpha value is -5.32. The molecule has 7 atom stereocenters. The number of epoxide rings is 1. The Balaban J connectivity index is 1.25. The summed E-state index contributed by atoms with van der Waals surface area (Å²) in [6.07, 6.45) is 3.99. The summed E-state index contributed by atoms with van der Waals surface area (Å²) >= 11 is 6.36. The van der Waals surface area contributed by atoms with Crippen LogP contribution in [0, 0.1) is 17.3 Å². The highest BCUT2D eigenvalue weighted by molar-refractivity contribution is 6.32. The second kappa shape index (κ2) is 22.3. The Kier molecular flexibility index (Phi) is 17.3. The molecule has 342 valence electrons. The number of cyclic esters (lactones) is 2. The van der Waals surface area contributed by atoms with Crippen LogP contribution < -0.4 is 20.7 Å². The highest BCUT2D eigenvalue weighted by Crippen LogP contribution is 2.45. The van der Waals surface area contributed by atoms with Crippen LogP contribution in [0.25, 0.3) is 0 Å². The van der Waals surface area contributed by atoms with Crippen LogP contribution in [0.2, 0.25) is 5.02 Å². The highest BCUT2D eigenvalue weighted by Gasteiger charge is 2.48. The summed E-state index contributed by atoms with van der Waals surface area (Å²) in [6.45, 7) is 11.9. The number of methoxy groups -OCH3 is 2. The van der Waals surface area contributed by atoms with Crippen LogP contribution in [0.15, 0.2) is 60.8 Å². The van der Waals surface area contributed by atoms with E-state index in [9.17, 15) is 24.0 Å². The third-order valence-electron chi connectivity index (χ3n) is 11.2. The predicted octanol–water partition coefficient (Wildman–Crippen LogP) is 5.17. The van der Waals surface area contributed by atoms with Crippen LogP contribution in [-0.2, 0) is 62.3 Å². The molecule has 1 fully saturated rings. The molecule has 17 heteroatoms. The maximum Gasteiger partial charge on any atom is 0.347 e. The molecule has 0 spiro atoms. The number of rotatable bonds is 16. The zero-order valence-electron chi connectivity index (χ0n) is 37.4. The first-order valence-electron chi connectivity index (χ1n) is 21.5. The molecular formula is C46H61ClN6O10. The van der Waals surface area contributed by atoms with Gasteiger partial charge in [-0.1, -0.05) is 80.9 Å². The largest absolute Gasteiger partial charge is 0.495 e. The van der Waals surface area contributed by atoms with Gasteiger partial charge in [0.05, 0.1) is 42.7 Å². The molecule has 1 saturated heterocycles. The smallest absolute Gasteiger partial charge is 0.347 e. The first kappa shape index (κ1) is 48.7. The van der Waals surface area contributed by atoms with Crippen LogP contribution in [0.5, 0.6) is 5.75 Å². The molecule has 0 radical (unpaired) electrons. The molecule has 2 aliphatic rings. The Morgan fingerprint density at radius 1 is 1.05 bits per heavy atom. The lowest BCUT2D eigenvalue weighted by Crippen LogP contribution is -2.51. The molecule has 2 aromatic carbocycles. The number of carbonyl (C=O) groups is 5. The summed E-state index contributed by atoms with van der Waals surface area (Å²) in [5.74, 6) is -2.63. The number of nitrogens with zero attached hydrogens (tertiary/aromatic N) is 3. The molecule has 63 heavy (non-hydrogen) atoms. The van der Waals surface area contributed by atoms with Crippen molar-refractivity contribution in [2.24, 2.45) is 17.3 Å². The lowest BCUT2D eigenvalue weighted by molar-refractivity contribution is -0.179. The molecule has 0 saturated carbocycles. The average molecular weight is 893 g/mol. The normalized spacial score (nSPS) is 23.4. The van der Waals surface area contributed by atoms with Gasteiger partial charge in [-0.15, -0.1) is 5.10 Å². The molecule has 2 amide bonds. The van der Waals surface area contributed by atoms with E-state index >= 15 is 0 Å². The van der Waals surface area contributed by atoms with Gasteiger partial charge in [0, 0.05) is 31.8 Å². The third-order valence-corrected chi connectivity index (χ3v) is 11.5. The second-order valence-corrected chi connectivity index (χ2v) is 17.6. The zero-order chi connectivity index (χ0) is 45.8. The van der Waals surface area contributed by atoms with Gasteiger partial charge in [0.25, 0.3) is 0 Å². The SMILES string of the molecule is CCC(C(=O)OC)n1cc(CNCCc2ccc([C@H]3O[C@@H]3[C@@H](C)[C@@H]3C/C=C\C(=O)N[C@H](Cc4ccc(OC)c(Cl)c4)C(=O)NCC(C)(C)C(=O)O[C@@H](CC(C)C)C(=O)O3)cc2)nn1. The number of hydrogen-bond donors (Lipinski definition) is 3. The van der Waals surface area contributed by atoms with Gasteiger partial charge in [-0.3, -0.25) is 14.4 Å². The van der Waals surface area contributed by atoms with Crippen molar-refractivity contribution in [1.29, 1.82) is 0 Å². The van der Waals surface area contributed by atoms with E-state index in [1.807, 2.05) is 39.8 Å². The lowest BCUT2D eigenvalue weighted by atomic mass is 9.92. The van der Waals surface area contributed by atoms with E-state index < -0.39 is 53.5 Å². The fraction of sp³-hybridized carbons (Fsp3) is 0.543. The number of carbonyl (C=O) groups excluding carboxylic acids is 5. The maximum absolute atomic E-state index is 13.8. The zero-order valence-corrected chi connectivity index (χ0v) is 38.1. The summed E-state index contributed by atoms with van der Waals surface area (Å²) in [7, 11) is 2.86. The topological polar surface area (TPSA) is 202 Å². The van der Waals surface area contributed by atoms with Gasteiger partial charge in [0.15, 0.2) is 12.1 Å². The number of hydrogen-bond acceptors (Lipinski definition) is 13. The van der Waals surface area contributed by atoms with Crippen LogP contribution >= 0.6 is 11.6 Å². The Morgan fingerprint density at radius 2 is 1.78 bits per heavy atom. The molecular weight excluding hydrogens is 832 g/mol. The maximum atomic E-state index is 13.8. The number of esters is 3. The van der Waals surface area contributed by atoms with E-state index in [4.69, 9.17) is 35.3 Å². The van der Waals surface area contributed by atoms with Crippen molar-refractivity contribution in [1.82, 2.24) is 30.9 Å². The van der Waals surface area contributed by atoms with Crippen molar-refractivity contribution < 1.29 is 47.7 Å². The van der Waals surface area contributed by atoms with Gasteiger partial charge in [-0.2, -0.15) is 0 Å². The summed E-state index contributed by atoms with van der Waals surface area (Å²) < 4.78 is 29.8. The van der Waals surface area contributed by atoms with Crippen LogP contribution in [0.4, 0.5) is 0 Å². The second-order valence-electron chi connectivity index (χ2n) is 17.2. The Labute approximate surface area is 374 Å². The molecule has 1 aromatic heterocycles. The first-order valence-corrected chi connectivity index (χ1v) is 21.8. The molecule has 5 rings (SSSR count). The quantitative estimate of drug-likeness (QED) is 0.0737. The number of benzene rings is 2. The average Bonchev–Trinajstić information content (AvgIpc) is 3.92. The van der Waals surface area contributed by atoms with Crippen molar-refractivity contribution in [3.05, 3.63) is 88.2 Å². The summed E-state index contributed by atoms with van der Waals surface area (Å²) in [5.41, 5.74) is 2.26. The molecule has 3 N–H and O–H groups in total. The van der Waals surface area contributed by atoms with E-state index in [0.29, 0.717) is 35.8 Å². The molecule has 16 nitrogen and oxygen atoms in total. The van der Waals surface area contributed by atoms with E-state index in [1.54, 1.807) is 44.3 Å². The summed E-state index contributed by atoms with van der Waals surface area (Å²) in [6, 6.07) is 11.7. The number of amides is 2. The van der Waals surface area contributed by atoms with Gasteiger partial charge >= 0.3 is 17.9 Å². The summed E-state index contributed by atoms with van der Waals surface area (Å²) in [5, 5.41) is 17.6. The molecule has 2 aliphatic heterocycles. The van der Waals surface area contributed by atoms with Gasteiger partial charge < -0.3 is 39.6 Å². The van der Waals surface area contributed by atoms with Crippen molar-refractivity contribution in [2.45, 2.75) is 117 Å². The van der Waals surface area contributed by atoms with Crippen LogP contribution in [0.3, 0.4) is 0 Å². The van der Waals surface area contributed by atoms with Gasteiger partial charge in [0.2, 0.25) is 11.8 Å². The fourth-order valence-electron chi connectivity index (χ4n) is 7.29. The molecule has 1 unspecified atom stereocenters. The summed E-state index contributed by atoms with van der Waals surface area (Å²) in [4.78, 5) is 66.4. The van der Waals surface area contributed by atoms with Crippen LogP contribution in [-0.4, -0.2) is 96.4 Å². The van der Waals surface area contributed by atoms with Gasteiger partial charge in [0.1, 0.15) is 24.0 Å². The molecule has 3 aromatic rings. The van der Waals surface area contributed by atoms with Crippen molar-refractivity contribution >= 4 is 41.3 Å². The third kappa shape index (κ3) is 13.6. The Morgan fingerprint density at radius 3 is 2.44 bits per heavy atom. The van der Waals surface area contributed by atoms with E-state index in [0.717, 1.165) is 23.2 Å². The van der Waals surface area contributed by atoms with Crippen molar-refractivity contribution in [2.75, 3.05) is 27.3 Å². The van der Waals surface area contributed by atoms with Crippen molar-refractivity contribution in [3.8, 4) is 5.75 Å². The van der Waals surface area contributed by atoms with E-state index in [1.165, 1.54) is 25.0 Å². The minimum absolute atomic E-state index is 0.0135. The fourth-order valence-corrected chi connectivity index (χ4v) is 7.57. The number of nitrogens with one attached hydrogen (secondary N) is 3. The minimum atomic E-state index is -1.23. The molecule has 3 heterocycles. The number of halogens is 1. The highest BCUT2D eigenvalue weighted by atomic mass is 35.5. The molecule has 0 aliphatic carbocycles. The van der Waals surface area contributed by atoms with E-state index in [2.05, 4.69) is 38.4 Å². The van der Waals surface area contributed by atoms with Gasteiger partial charge in [-0.05, 0) is 80.5 Å². The minimum Gasteiger partial charge on any atom is -0.495 e. The monoisotopic (exact) mass is 892 g/mol. The van der Waals surface area contributed by atoms with Crippen molar-refractivity contribution in [3.63, 3.8) is 0 Å². The predicted molar refractivity (Wildman–Crippen MR) is 233 cm³/mol. The lowest BCUT2D eigenvalue weighted by Gasteiger charge is -2.29. The van der Waals surface area contributed by atoms with Crippen LogP contribution in [0.1, 0.15) is 95.3 Å². The standard InChI is InChI=1S/C46H61ClN6O10/c1-9-35(43(56)60-8)53-25-32(51-52-53)24-48-20-19-29-13-16-31(17-14-29)41-40(63-41)28(4)36-11-10-12-39(54)50-34(23-30-15-18-37(59-7)33(47)22-30)42(55)49-26-46(5,6)45(58)62-38(21-27(2)3)44(57)61-36/h10,12-18,22,25,27-28,34-36,38,40-41,48H,9,11,19-21,23-24,26H2,1-8H3,(H,49,55)(H,50,54)/b12-10-/t28-,34+,35?,36-,38-,40+,41+/m0/s1. The number of aromatic nitrogens is 3. The first-order chi connectivity index (χ1) is 30.0. The number of ether oxygens (including phenoxy) is 5.